The third-order valence-electron chi connectivity index (χ3n) is 9.82. The van der Waals surface area contributed by atoms with Crippen molar-refractivity contribution in [2.24, 2.45) is 0 Å². The molecule has 5 saturated heterocycles. The number of aromatic nitrogens is 6. The smallest absolute Gasteiger partial charge is 0.387 e. The normalized spacial score (nSPS) is 23.8. The maximum absolute atomic E-state index is 14.2. The first-order valence-corrected chi connectivity index (χ1v) is 16.6. The van der Waals surface area contributed by atoms with Gasteiger partial charge in [-0.2, -0.15) is 27.5 Å². The van der Waals surface area contributed by atoms with Crippen LogP contribution >= 0.6 is 0 Å². The van der Waals surface area contributed by atoms with Crippen LogP contribution in [0.1, 0.15) is 6.42 Å². The van der Waals surface area contributed by atoms with Crippen LogP contribution in [0.2, 0.25) is 0 Å². The quantitative estimate of drug-likeness (QED) is 0.212. The first-order valence-electron chi connectivity index (χ1n) is 16.6. The van der Waals surface area contributed by atoms with Gasteiger partial charge in [0.05, 0.1) is 55.4 Å². The van der Waals surface area contributed by atoms with Gasteiger partial charge >= 0.3 is 13.2 Å². The van der Waals surface area contributed by atoms with Gasteiger partial charge in [0.25, 0.3) is 5.92 Å². The first kappa shape index (κ1) is 33.4. The highest BCUT2D eigenvalue weighted by molar-refractivity contribution is 5.73. The Labute approximate surface area is 296 Å². The molecule has 5 aliphatic rings. The summed E-state index contributed by atoms with van der Waals surface area (Å²) < 4.78 is 103. The van der Waals surface area contributed by atoms with E-state index in [9.17, 15) is 26.3 Å². The summed E-state index contributed by atoms with van der Waals surface area (Å²) in [5, 5.41) is 2.85. The molecule has 4 aromatic rings. The molecule has 0 radical (unpaired) electrons. The highest BCUT2D eigenvalue weighted by Crippen LogP contribution is 2.40. The number of morpholine rings is 2. The lowest BCUT2D eigenvalue weighted by molar-refractivity contribution is -0.113. The molecule has 15 nitrogen and oxygen atoms in total. The minimum atomic E-state index is -3.26. The summed E-state index contributed by atoms with van der Waals surface area (Å²) in [6, 6.07) is 5.92. The van der Waals surface area contributed by atoms with Gasteiger partial charge in [-0.3, -0.25) is 0 Å². The number of nitrogen functional groups attached to an aromatic ring is 1. The molecule has 9 rings (SSSR count). The average molecular weight is 746 g/mol. The van der Waals surface area contributed by atoms with Gasteiger partial charge in [-0.25, -0.2) is 28.7 Å². The largest absolute Gasteiger partial charge is 0.431 e. The van der Waals surface area contributed by atoms with E-state index in [2.05, 4.69) is 40.0 Å². The number of rotatable bonds is 11. The molecule has 2 unspecified atom stereocenters. The SMILES string of the molecule is Nc1ncc(-c2cc(N3CC4OC[C@H]43)nc(Nc3ncc(-c4cc(N5CC6OC[C@H]65)nc(N5CCC(F)(F)C5)n4)cc3OC(F)F)n2)cc1OC(F)F. The van der Waals surface area contributed by atoms with Crippen molar-refractivity contribution in [3.8, 4) is 34.0 Å². The van der Waals surface area contributed by atoms with Crippen LogP contribution in [-0.2, 0) is 9.47 Å². The van der Waals surface area contributed by atoms with E-state index >= 15 is 0 Å². The Hall–Kier alpha value is -5.44. The van der Waals surface area contributed by atoms with E-state index in [-0.39, 0.29) is 89.1 Å². The highest BCUT2D eigenvalue weighted by Gasteiger charge is 2.49. The van der Waals surface area contributed by atoms with E-state index in [0.29, 0.717) is 37.9 Å². The zero-order valence-corrected chi connectivity index (χ0v) is 27.4. The first-order chi connectivity index (χ1) is 25.5. The van der Waals surface area contributed by atoms with E-state index in [1.54, 1.807) is 12.1 Å². The zero-order chi connectivity index (χ0) is 36.6. The molecule has 3 N–H and O–H groups in total. The summed E-state index contributed by atoms with van der Waals surface area (Å²) in [4.78, 5) is 31.8. The summed E-state index contributed by atoms with van der Waals surface area (Å²) in [6.45, 7) is -4.91. The molecule has 5 aliphatic heterocycles. The topological polar surface area (TPSA) is 162 Å². The number of ether oxygens (including phenoxy) is 4. The van der Waals surface area contributed by atoms with Gasteiger partial charge < -0.3 is 44.7 Å². The number of fused-ring (bicyclic) bond motifs is 2. The summed E-state index contributed by atoms with van der Waals surface area (Å²) in [7, 11) is 0. The second-order valence-electron chi connectivity index (χ2n) is 13.1. The number of nitrogens with two attached hydrogens (primary N) is 1. The van der Waals surface area contributed by atoms with Crippen LogP contribution in [0, 0.1) is 0 Å². The van der Waals surface area contributed by atoms with Gasteiger partial charge in [-0.15, -0.1) is 0 Å². The van der Waals surface area contributed by atoms with Gasteiger partial charge in [-0.05, 0) is 12.1 Å². The summed E-state index contributed by atoms with van der Waals surface area (Å²) in [5.74, 6) is -3.23. The van der Waals surface area contributed by atoms with Gasteiger partial charge in [0.2, 0.25) is 11.9 Å². The Morgan fingerprint density at radius 1 is 0.792 bits per heavy atom. The van der Waals surface area contributed by atoms with Crippen LogP contribution in [0.4, 0.5) is 61.5 Å². The molecule has 0 spiro atoms. The molecular weight excluding hydrogens is 716 g/mol. The third-order valence-corrected chi connectivity index (χ3v) is 9.82. The van der Waals surface area contributed by atoms with E-state index < -0.39 is 31.4 Å². The number of hydrogen-bond acceptors (Lipinski definition) is 15. The lowest BCUT2D eigenvalue weighted by Crippen LogP contribution is -2.71. The van der Waals surface area contributed by atoms with Gasteiger partial charge in [-0.1, -0.05) is 0 Å². The maximum atomic E-state index is 14.2. The van der Waals surface area contributed by atoms with Crippen molar-refractivity contribution in [1.29, 1.82) is 0 Å². The van der Waals surface area contributed by atoms with Crippen molar-refractivity contribution in [1.82, 2.24) is 29.9 Å². The number of halogens is 6. The predicted molar refractivity (Wildman–Crippen MR) is 175 cm³/mol. The lowest BCUT2D eigenvalue weighted by atomic mass is 9.95. The lowest BCUT2D eigenvalue weighted by Gasteiger charge is -2.55. The van der Waals surface area contributed by atoms with Gasteiger partial charge in [0.1, 0.15) is 11.6 Å². The monoisotopic (exact) mass is 745 g/mol. The van der Waals surface area contributed by atoms with E-state index in [0.717, 1.165) is 0 Å². The highest BCUT2D eigenvalue weighted by atomic mass is 19.3. The van der Waals surface area contributed by atoms with Gasteiger partial charge in [0.15, 0.2) is 23.1 Å². The van der Waals surface area contributed by atoms with Crippen LogP contribution < -0.4 is 35.2 Å². The molecule has 0 amide bonds. The molecule has 53 heavy (non-hydrogen) atoms. The molecular formula is C32H29F6N11O4. The van der Waals surface area contributed by atoms with Crippen molar-refractivity contribution in [3.63, 3.8) is 0 Å². The van der Waals surface area contributed by atoms with Crippen molar-refractivity contribution in [2.45, 2.75) is 49.9 Å². The minimum absolute atomic E-state index is 0.0312. The van der Waals surface area contributed by atoms with Crippen molar-refractivity contribution in [2.75, 3.05) is 65.1 Å². The van der Waals surface area contributed by atoms with Crippen LogP contribution in [0.25, 0.3) is 22.5 Å². The van der Waals surface area contributed by atoms with Crippen molar-refractivity contribution < 1.29 is 45.3 Å². The standard InChI is InChI=1S/C32H29F6N11O4/c33-28(34)52-20-3-14(7-40-26(20)39)16-5-24(48-9-22-18(48)11-50-22)44-30(42-16)46-27-21(53-29(35)36)4-15(8-41-27)17-6-25(49-10-23-19(49)12-51-23)45-31(43-17)47-2-1-32(37,38)13-47/h3-8,18-19,22-23,28-29H,1-2,9-13H2,(H2,39,40)(H,41,42,44,46)/t18-,19-,22?,23?/m1/s1. The number of alkyl halides is 6. The van der Waals surface area contributed by atoms with Crippen LogP contribution in [0.15, 0.2) is 36.7 Å². The molecule has 0 aromatic carbocycles. The number of anilines is 6. The summed E-state index contributed by atoms with van der Waals surface area (Å²) >= 11 is 0. The fraction of sp³-hybridized carbons (Fsp3) is 0.438. The number of nitrogens with zero attached hydrogens (tertiary/aromatic N) is 9. The fourth-order valence-corrected chi connectivity index (χ4v) is 6.78. The molecule has 0 saturated carbocycles. The number of nitrogens with one attached hydrogen (secondary N) is 1. The van der Waals surface area contributed by atoms with Crippen molar-refractivity contribution >= 4 is 35.2 Å². The molecule has 4 atom stereocenters. The Balaban J connectivity index is 1.07. The molecule has 278 valence electrons. The Morgan fingerprint density at radius 3 is 1.96 bits per heavy atom. The molecule has 0 bridgehead atoms. The van der Waals surface area contributed by atoms with Crippen LogP contribution in [-0.4, -0.2) is 113 Å². The Morgan fingerprint density at radius 2 is 1.40 bits per heavy atom. The molecule has 21 heteroatoms. The predicted octanol–water partition coefficient (Wildman–Crippen LogP) is 3.94. The Bertz CT molecular complexity index is 2070. The third kappa shape index (κ3) is 6.26. The summed E-state index contributed by atoms with van der Waals surface area (Å²) in [5.41, 5.74) is 6.71. The van der Waals surface area contributed by atoms with E-state index in [1.807, 2.05) is 9.80 Å². The second kappa shape index (κ2) is 12.6. The Kier molecular flexibility index (Phi) is 7.94. The molecule has 5 fully saturated rings. The molecule has 9 heterocycles. The number of pyridine rings is 2. The van der Waals surface area contributed by atoms with E-state index in [1.165, 1.54) is 29.4 Å². The van der Waals surface area contributed by atoms with Crippen molar-refractivity contribution in [3.05, 3.63) is 36.7 Å². The minimum Gasteiger partial charge on any atom is -0.431 e. The van der Waals surface area contributed by atoms with E-state index in [4.69, 9.17) is 19.9 Å². The van der Waals surface area contributed by atoms with Crippen LogP contribution in [0.5, 0.6) is 11.5 Å². The molecule has 4 aromatic heterocycles. The second-order valence-corrected chi connectivity index (χ2v) is 13.1. The number of hydrogen-bond donors (Lipinski definition) is 2. The zero-order valence-electron chi connectivity index (χ0n) is 27.4. The molecule has 0 aliphatic carbocycles. The average Bonchev–Trinajstić information content (AvgIpc) is 3.47. The van der Waals surface area contributed by atoms with Gasteiger partial charge in [0, 0.05) is 61.7 Å². The fourth-order valence-electron chi connectivity index (χ4n) is 6.78. The maximum Gasteiger partial charge on any atom is 0.387 e. The van der Waals surface area contributed by atoms with Crippen LogP contribution in [0.3, 0.4) is 0 Å². The summed E-state index contributed by atoms with van der Waals surface area (Å²) in [6.07, 6.45) is 2.40.